The summed E-state index contributed by atoms with van der Waals surface area (Å²) in [5.74, 6) is -1.89. The number of phenolic OH excluding ortho intramolecular Hbond substituents is 1. The molecule has 3 aliphatic carbocycles. The lowest BCUT2D eigenvalue weighted by Gasteiger charge is -2.64. The fourth-order valence-corrected chi connectivity index (χ4v) is 8.50. The Bertz CT molecular complexity index is 1360. The summed E-state index contributed by atoms with van der Waals surface area (Å²) in [6.07, 6.45) is 5.69. The molecule has 3 unspecified atom stereocenters. The number of hydrogen-bond donors (Lipinski definition) is 6. The van der Waals surface area contributed by atoms with Gasteiger partial charge in [0.1, 0.15) is 6.10 Å². The number of unbranched alkanes of at least 4 members (excludes halogenated alkanes) is 1. The maximum absolute atomic E-state index is 13.4. The second-order valence-corrected chi connectivity index (χ2v) is 13.2. The van der Waals surface area contributed by atoms with Gasteiger partial charge in [0.2, 0.25) is 5.91 Å². The molecule has 3 heterocycles. The second-order valence-electron chi connectivity index (χ2n) is 13.2. The first kappa shape index (κ1) is 30.8. The normalized spacial score (nSPS) is 34.1. The van der Waals surface area contributed by atoms with E-state index in [9.17, 15) is 24.6 Å². The van der Waals surface area contributed by atoms with E-state index in [1.807, 2.05) is 11.0 Å². The van der Waals surface area contributed by atoms with Crippen LogP contribution in [0.5, 0.6) is 11.5 Å². The average molecular weight is 615 g/mol. The van der Waals surface area contributed by atoms with Crippen LogP contribution in [0.2, 0.25) is 0 Å². The number of carboxylic acids is 2. The quantitative estimate of drug-likeness (QED) is 0.231. The SMILES string of the molecule is CCCC=C1CCN([C@@H]2CCC3(O)[C@H]4Cc5ccc(O)c6c5[C@@]3(CCN4CC3CC3)[C@H]2O6)C1=O.O=C(O)C(O)C(O)C(=O)O. The first-order valence-electron chi connectivity index (χ1n) is 15.7. The van der Waals surface area contributed by atoms with Crippen LogP contribution in [0, 0.1) is 5.92 Å². The molecule has 7 rings (SSSR count). The minimum atomic E-state index is -2.27. The van der Waals surface area contributed by atoms with E-state index in [1.54, 1.807) is 6.07 Å². The molecule has 6 aliphatic rings. The predicted molar refractivity (Wildman–Crippen MR) is 155 cm³/mol. The zero-order chi connectivity index (χ0) is 31.6. The number of carboxylic acid groups (broad SMARTS) is 2. The Morgan fingerprint density at radius 1 is 1.09 bits per heavy atom. The van der Waals surface area contributed by atoms with E-state index in [1.165, 1.54) is 18.4 Å². The first-order chi connectivity index (χ1) is 20.9. The van der Waals surface area contributed by atoms with Gasteiger partial charge in [0.25, 0.3) is 0 Å². The number of aliphatic hydroxyl groups excluding tert-OH is 2. The molecule has 12 heteroatoms. The topological polar surface area (TPSA) is 188 Å². The summed E-state index contributed by atoms with van der Waals surface area (Å²) in [7, 11) is 0. The molecular weight excluding hydrogens is 572 g/mol. The zero-order valence-electron chi connectivity index (χ0n) is 24.9. The minimum absolute atomic E-state index is 0.0752. The molecule has 4 fully saturated rings. The van der Waals surface area contributed by atoms with Crippen molar-refractivity contribution in [1.82, 2.24) is 9.80 Å². The maximum Gasteiger partial charge on any atom is 0.335 e. The van der Waals surface area contributed by atoms with Gasteiger partial charge in [-0.25, -0.2) is 9.59 Å². The van der Waals surface area contributed by atoms with E-state index in [0.717, 1.165) is 75.2 Å². The number of hydrogen-bond acceptors (Lipinski definition) is 9. The number of aliphatic hydroxyl groups is 3. The van der Waals surface area contributed by atoms with Crippen molar-refractivity contribution < 1.29 is 49.8 Å². The lowest BCUT2D eigenvalue weighted by molar-refractivity contribution is -0.200. The van der Waals surface area contributed by atoms with E-state index in [4.69, 9.17) is 25.2 Å². The van der Waals surface area contributed by atoms with Crippen molar-refractivity contribution in [1.29, 1.82) is 0 Å². The van der Waals surface area contributed by atoms with Crippen molar-refractivity contribution in [2.24, 2.45) is 5.92 Å². The molecule has 0 aromatic heterocycles. The summed E-state index contributed by atoms with van der Waals surface area (Å²) in [6.45, 7) is 4.88. The molecule has 6 N–H and O–H groups in total. The monoisotopic (exact) mass is 614 g/mol. The lowest BCUT2D eigenvalue weighted by Crippen LogP contribution is -2.78. The van der Waals surface area contributed by atoms with Gasteiger partial charge in [-0.05, 0) is 75.5 Å². The standard InChI is InChI=1S/C28H36N2O4.C4H6O6/c1-2-3-4-18-10-13-30(26(18)32)20-9-11-28(33)22-15-19-7-8-21(31)24-23(19)27(28,25(20)34-24)12-14-29(22)16-17-5-6-17;5-1(3(7)8)2(6)4(9)10/h4,7-8,17,20,22,25,31,33H,2-3,5-6,9-16H2,1H3;1-2,5-6H,(H,7,8)(H,9,10)/t20-,22-,25+,27+,28?;/m1./s1. The van der Waals surface area contributed by atoms with Crippen LogP contribution in [-0.2, 0) is 26.2 Å². The lowest BCUT2D eigenvalue weighted by atomic mass is 9.48. The number of phenols is 1. The number of carbonyl (C=O) groups excluding carboxylic acids is 1. The van der Waals surface area contributed by atoms with Gasteiger partial charge in [-0.2, -0.15) is 0 Å². The molecule has 44 heavy (non-hydrogen) atoms. The van der Waals surface area contributed by atoms with Crippen molar-refractivity contribution in [2.75, 3.05) is 19.6 Å². The minimum Gasteiger partial charge on any atom is -0.504 e. The number of aliphatic carboxylic acids is 2. The van der Waals surface area contributed by atoms with Gasteiger partial charge >= 0.3 is 11.9 Å². The summed E-state index contributed by atoms with van der Waals surface area (Å²) in [5, 5.41) is 55.9. The van der Waals surface area contributed by atoms with E-state index in [2.05, 4.69) is 17.9 Å². The number of aromatic hydroxyl groups is 1. The number of benzene rings is 1. The molecule has 240 valence electrons. The van der Waals surface area contributed by atoms with Gasteiger partial charge in [-0.15, -0.1) is 0 Å². The van der Waals surface area contributed by atoms with Crippen molar-refractivity contribution in [3.63, 3.8) is 0 Å². The van der Waals surface area contributed by atoms with Crippen LogP contribution < -0.4 is 4.74 Å². The second kappa shape index (κ2) is 11.3. The predicted octanol–water partition coefficient (Wildman–Crippen LogP) is 1.16. The number of carbonyl (C=O) groups is 3. The Hall–Kier alpha value is -3.19. The highest BCUT2D eigenvalue weighted by atomic mass is 16.5. The molecule has 2 saturated carbocycles. The molecule has 2 saturated heterocycles. The number of nitrogens with zero attached hydrogens (tertiary/aromatic N) is 2. The highest BCUT2D eigenvalue weighted by molar-refractivity contribution is 5.96. The molecule has 2 bridgehead atoms. The molecule has 1 spiro atoms. The molecule has 1 aromatic rings. The van der Waals surface area contributed by atoms with Gasteiger partial charge in [0, 0.05) is 30.3 Å². The third-order valence-electron chi connectivity index (χ3n) is 10.8. The van der Waals surface area contributed by atoms with Crippen molar-refractivity contribution in [3.8, 4) is 11.5 Å². The Morgan fingerprint density at radius 2 is 1.80 bits per heavy atom. The van der Waals surface area contributed by atoms with Crippen LogP contribution in [0.15, 0.2) is 23.8 Å². The number of rotatable bonds is 8. The van der Waals surface area contributed by atoms with Crippen LogP contribution in [0.4, 0.5) is 0 Å². The van der Waals surface area contributed by atoms with Crippen LogP contribution in [0.3, 0.4) is 0 Å². The Labute approximate surface area is 255 Å². The first-order valence-corrected chi connectivity index (χ1v) is 15.7. The van der Waals surface area contributed by atoms with Crippen LogP contribution in [0.25, 0.3) is 0 Å². The summed E-state index contributed by atoms with van der Waals surface area (Å²) < 4.78 is 6.65. The van der Waals surface area contributed by atoms with Gasteiger partial charge in [0.05, 0.1) is 17.1 Å². The number of ether oxygens (including phenoxy) is 1. The Morgan fingerprint density at radius 3 is 2.43 bits per heavy atom. The largest absolute Gasteiger partial charge is 0.504 e. The fraction of sp³-hybridized carbons (Fsp3) is 0.656. The number of amides is 1. The molecule has 0 radical (unpaired) electrons. The van der Waals surface area contributed by atoms with E-state index in [-0.39, 0.29) is 29.8 Å². The highest BCUT2D eigenvalue weighted by Gasteiger charge is 2.73. The third kappa shape index (κ3) is 4.69. The highest BCUT2D eigenvalue weighted by Crippen LogP contribution is 2.66. The van der Waals surface area contributed by atoms with Crippen LogP contribution >= 0.6 is 0 Å². The third-order valence-corrected chi connectivity index (χ3v) is 10.8. The van der Waals surface area contributed by atoms with E-state index >= 15 is 0 Å². The van der Waals surface area contributed by atoms with E-state index in [0.29, 0.717) is 12.2 Å². The van der Waals surface area contributed by atoms with Crippen molar-refractivity contribution in [3.05, 3.63) is 34.9 Å². The molecule has 1 amide bonds. The van der Waals surface area contributed by atoms with Crippen LogP contribution in [0.1, 0.15) is 69.4 Å². The zero-order valence-corrected chi connectivity index (χ0v) is 24.9. The van der Waals surface area contributed by atoms with Crippen LogP contribution in [-0.4, -0.2) is 114 Å². The smallest absolute Gasteiger partial charge is 0.335 e. The molecule has 3 aliphatic heterocycles. The summed E-state index contributed by atoms with van der Waals surface area (Å²) in [6, 6.07) is 3.81. The summed E-state index contributed by atoms with van der Waals surface area (Å²) in [4.78, 5) is 37.5. The fourth-order valence-electron chi connectivity index (χ4n) is 8.50. The number of likely N-dealkylation sites (tertiary alicyclic amines) is 2. The Balaban J connectivity index is 0.000000299. The van der Waals surface area contributed by atoms with Crippen molar-refractivity contribution >= 4 is 17.8 Å². The number of allylic oxidation sites excluding steroid dienone is 1. The molecular formula is C32H42N2O10. The van der Waals surface area contributed by atoms with Crippen molar-refractivity contribution in [2.45, 2.75) is 106 Å². The summed E-state index contributed by atoms with van der Waals surface area (Å²) >= 11 is 0. The Kier molecular flexibility index (Phi) is 7.92. The number of piperidine rings is 1. The van der Waals surface area contributed by atoms with E-state index < -0.39 is 35.2 Å². The van der Waals surface area contributed by atoms with Gasteiger partial charge in [0.15, 0.2) is 23.7 Å². The van der Waals surface area contributed by atoms with Gasteiger partial charge in [-0.3, -0.25) is 9.69 Å². The molecule has 12 nitrogen and oxygen atoms in total. The molecule has 7 atom stereocenters. The maximum atomic E-state index is 13.4. The van der Waals surface area contributed by atoms with Gasteiger partial charge < -0.3 is 40.3 Å². The van der Waals surface area contributed by atoms with Gasteiger partial charge in [-0.1, -0.05) is 25.5 Å². The summed E-state index contributed by atoms with van der Waals surface area (Å²) in [5.41, 5.74) is 1.73. The molecule has 1 aromatic carbocycles. The average Bonchev–Trinajstić information content (AvgIpc) is 3.63.